The molecule has 4 rings (SSSR count). The van der Waals surface area contributed by atoms with Gasteiger partial charge in [0.05, 0.1) is 6.54 Å². The molecule has 0 aromatic heterocycles. The van der Waals surface area contributed by atoms with Crippen molar-refractivity contribution >= 4 is 11.8 Å². The third-order valence-corrected chi connectivity index (χ3v) is 6.57. The number of rotatable bonds is 6. The molecular formula is C21H26F3N3O2. The fraction of sp³-hybridized carbons (Fsp3) is 0.619. The average Bonchev–Trinajstić information content (AvgIpc) is 3.49. The predicted molar refractivity (Wildman–Crippen MR) is 100 cm³/mol. The molecule has 2 aliphatic heterocycles. The summed E-state index contributed by atoms with van der Waals surface area (Å²) in [5.41, 5.74) is 6.38. The van der Waals surface area contributed by atoms with E-state index in [-0.39, 0.29) is 54.3 Å². The summed E-state index contributed by atoms with van der Waals surface area (Å²) in [6.45, 7) is 0.0269. The van der Waals surface area contributed by atoms with Gasteiger partial charge in [-0.25, -0.2) is 13.2 Å². The first-order valence-corrected chi connectivity index (χ1v) is 10.3. The van der Waals surface area contributed by atoms with Crippen molar-refractivity contribution in [2.75, 3.05) is 6.54 Å². The molecular weight excluding hydrogens is 383 g/mol. The molecule has 158 valence electrons. The number of amides is 2. The molecule has 3 aliphatic rings. The van der Waals surface area contributed by atoms with Crippen LogP contribution in [0.3, 0.4) is 0 Å². The van der Waals surface area contributed by atoms with Crippen molar-refractivity contribution in [1.82, 2.24) is 10.2 Å². The minimum Gasteiger partial charge on any atom is -0.347 e. The molecule has 4 atom stereocenters. The van der Waals surface area contributed by atoms with Gasteiger partial charge < -0.3 is 16.0 Å². The van der Waals surface area contributed by atoms with Crippen LogP contribution < -0.4 is 11.1 Å². The van der Waals surface area contributed by atoms with E-state index in [9.17, 15) is 22.8 Å². The van der Waals surface area contributed by atoms with Crippen molar-refractivity contribution in [3.05, 3.63) is 35.1 Å². The number of hydrogen-bond donors (Lipinski definition) is 2. The summed E-state index contributed by atoms with van der Waals surface area (Å²) < 4.78 is 40.5. The summed E-state index contributed by atoms with van der Waals surface area (Å²) in [6.07, 6.45) is 5.08. The number of piperidine rings is 1. The van der Waals surface area contributed by atoms with Crippen LogP contribution in [0.2, 0.25) is 0 Å². The largest absolute Gasteiger partial charge is 0.347 e. The van der Waals surface area contributed by atoms with Crippen LogP contribution in [0, 0.1) is 29.3 Å². The minimum atomic E-state index is -1.21. The smallest absolute Gasteiger partial charge is 0.242 e. The first-order valence-electron chi connectivity index (χ1n) is 10.3. The second-order valence-corrected chi connectivity index (χ2v) is 8.64. The van der Waals surface area contributed by atoms with Gasteiger partial charge in [-0.15, -0.1) is 0 Å². The van der Waals surface area contributed by atoms with E-state index in [2.05, 4.69) is 5.32 Å². The van der Waals surface area contributed by atoms with Crippen LogP contribution in [-0.4, -0.2) is 41.4 Å². The lowest BCUT2D eigenvalue weighted by atomic mass is 9.82. The van der Waals surface area contributed by atoms with Gasteiger partial charge in [-0.3, -0.25) is 9.59 Å². The van der Waals surface area contributed by atoms with E-state index >= 15 is 0 Å². The van der Waals surface area contributed by atoms with Crippen LogP contribution in [0.1, 0.15) is 44.1 Å². The number of carbonyl (C=O) groups is 2. The number of halogens is 3. The topological polar surface area (TPSA) is 75.4 Å². The Hall–Kier alpha value is -2.09. The maximum absolute atomic E-state index is 14.0. The van der Waals surface area contributed by atoms with E-state index in [1.807, 2.05) is 4.90 Å². The summed E-state index contributed by atoms with van der Waals surface area (Å²) in [5.74, 6) is -3.05. The third-order valence-electron chi connectivity index (χ3n) is 6.57. The van der Waals surface area contributed by atoms with Gasteiger partial charge in [-0.1, -0.05) is 0 Å². The van der Waals surface area contributed by atoms with Gasteiger partial charge in [0.2, 0.25) is 11.8 Å². The van der Waals surface area contributed by atoms with Crippen molar-refractivity contribution in [2.24, 2.45) is 17.6 Å². The molecule has 3 unspecified atom stereocenters. The molecule has 1 aliphatic carbocycles. The van der Waals surface area contributed by atoms with Gasteiger partial charge >= 0.3 is 0 Å². The molecule has 29 heavy (non-hydrogen) atoms. The highest BCUT2D eigenvalue weighted by Crippen LogP contribution is 2.40. The fourth-order valence-corrected chi connectivity index (χ4v) is 4.86. The normalized spacial score (nSPS) is 27.0. The first kappa shape index (κ1) is 20.2. The molecule has 5 nitrogen and oxygen atoms in total. The quantitative estimate of drug-likeness (QED) is 0.708. The van der Waals surface area contributed by atoms with E-state index in [4.69, 9.17) is 5.73 Å². The number of fused-ring (bicyclic) bond motifs is 2. The van der Waals surface area contributed by atoms with E-state index in [0.29, 0.717) is 18.9 Å². The zero-order valence-electron chi connectivity index (χ0n) is 16.2. The Kier molecular flexibility index (Phi) is 5.55. The van der Waals surface area contributed by atoms with E-state index < -0.39 is 23.5 Å². The summed E-state index contributed by atoms with van der Waals surface area (Å²) in [6, 6.07) is 1.15. The van der Waals surface area contributed by atoms with E-state index in [0.717, 1.165) is 31.7 Å². The van der Waals surface area contributed by atoms with Crippen LogP contribution in [0.4, 0.5) is 13.2 Å². The molecule has 8 heteroatoms. The first-order chi connectivity index (χ1) is 13.8. The van der Waals surface area contributed by atoms with Crippen LogP contribution in [0.15, 0.2) is 12.1 Å². The summed E-state index contributed by atoms with van der Waals surface area (Å²) in [4.78, 5) is 26.3. The van der Waals surface area contributed by atoms with Crippen molar-refractivity contribution in [1.29, 1.82) is 0 Å². The Morgan fingerprint density at radius 2 is 1.66 bits per heavy atom. The van der Waals surface area contributed by atoms with Gasteiger partial charge in [0, 0.05) is 30.1 Å². The minimum absolute atomic E-state index is 0.0269. The highest BCUT2D eigenvalue weighted by atomic mass is 19.2. The van der Waals surface area contributed by atoms with Crippen molar-refractivity contribution in [3.63, 3.8) is 0 Å². The molecule has 1 saturated carbocycles. The van der Waals surface area contributed by atoms with Crippen LogP contribution in [0.25, 0.3) is 0 Å². The molecule has 2 amide bonds. The lowest BCUT2D eigenvalue weighted by Gasteiger charge is -2.41. The third kappa shape index (κ3) is 4.27. The van der Waals surface area contributed by atoms with Gasteiger partial charge in [0.15, 0.2) is 11.6 Å². The number of carbonyl (C=O) groups excluding carboxylic acids is 2. The Labute approximate surface area is 167 Å². The maximum Gasteiger partial charge on any atom is 0.242 e. The van der Waals surface area contributed by atoms with Crippen molar-refractivity contribution in [2.45, 2.75) is 63.1 Å². The van der Waals surface area contributed by atoms with Crippen molar-refractivity contribution < 1.29 is 22.8 Å². The molecule has 2 heterocycles. The molecule has 0 radical (unpaired) electrons. The van der Waals surface area contributed by atoms with E-state index in [1.165, 1.54) is 0 Å². The van der Waals surface area contributed by atoms with Gasteiger partial charge in [-0.2, -0.15) is 0 Å². The average molecular weight is 409 g/mol. The second-order valence-electron chi connectivity index (χ2n) is 8.64. The SMILES string of the molecule is NC(Cc1cc(F)c(F)cc1F)C1CC2CC[C@@H](C1)N2C(=O)CNC(=O)C1CC1. The Morgan fingerprint density at radius 3 is 2.28 bits per heavy atom. The zero-order valence-corrected chi connectivity index (χ0v) is 16.2. The molecule has 2 bridgehead atoms. The van der Waals surface area contributed by atoms with Crippen molar-refractivity contribution in [3.8, 4) is 0 Å². The number of hydrogen-bond acceptors (Lipinski definition) is 3. The highest BCUT2D eigenvalue weighted by molar-refractivity contribution is 5.87. The zero-order chi connectivity index (χ0) is 20.7. The summed E-state index contributed by atoms with van der Waals surface area (Å²) in [7, 11) is 0. The molecule has 3 N–H and O–H groups in total. The molecule has 1 aromatic rings. The molecule has 1 aromatic carbocycles. The number of benzene rings is 1. The molecule has 3 fully saturated rings. The number of nitrogens with one attached hydrogen (secondary N) is 1. The van der Waals surface area contributed by atoms with E-state index in [1.54, 1.807) is 0 Å². The van der Waals surface area contributed by atoms with Crippen LogP contribution >= 0.6 is 0 Å². The Bertz CT molecular complexity index is 801. The van der Waals surface area contributed by atoms with Crippen LogP contribution in [0.5, 0.6) is 0 Å². The second kappa shape index (κ2) is 7.97. The standard InChI is InChI=1S/C21H26F3N3O2/c22-16-9-18(24)17(23)7-12(16)8-19(25)13-5-14-3-4-15(6-13)27(14)20(28)10-26-21(29)11-1-2-11/h7,9,11,13-15,19H,1-6,8,10,25H2,(H,26,29)/t13?,14-,15?,19?/m0/s1. The van der Waals surface area contributed by atoms with Gasteiger partial charge in [-0.05, 0) is 62.5 Å². The van der Waals surface area contributed by atoms with Crippen LogP contribution in [-0.2, 0) is 16.0 Å². The number of nitrogens with two attached hydrogens (primary N) is 1. The Morgan fingerprint density at radius 1 is 1.03 bits per heavy atom. The predicted octanol–water partition coefficient (Wildman–Crippen LogP) is 2.27. The summed E-state index contributed by atoms with van der Waals surface area (Å²) in [5, 5.41) is 2.73. The lowest BCUT2D eigenvalue weighted by molar-refractivity contribution is -0.137. The van der Waals surface area contributed by atoms with Gasteiger partial charge in [0.25, 0.3) is 0 Å². The monoisotopic (exact) mass is 409 g/mol. The maximum atomic E-state index is 14.0. The molecule has 2 saturated heterocycles. The highest BCUT2D eigenvalue weighted by Gasteiger charge is 2.44. The fourth-order valence-electron chi connectivity index (χ4n) is 4.86. The van der Waals surface area contributed by atoms with Gasteiger partial charge in [0.1, 0.15) is 5.82 Å². The Balaban J connectivity index is 1.35. The summed E-state index contributed by atoms with van der Waals surface area (Å²) >= 11 is 0. The number of nitrogens with zero attached hydrogens (tertiary/aromatic N) is 1. The molecule has 0 spiro atoms. The lowest BCUT2D eigenvalue weighted by Crippen LogP contribution is -2.52.